The van der Waals surface area contributed by atoms with Crippen molar-refractivity contribution >= 4 is 23.5 Å². The van der Waals surface area contributed by atoms with Crippen molar-refractivity contribution in [1.29, 1.82) is 0 Å². The second kappa shape index (κ2) is 9.04. The number of halogens is 1. The van der Waals surface area contributed by atoms with E-state index in [0.717, 1.165) is 23.1 Å². The van der Waals surface area contributed by atoms with E-state index in [2.05, 4.69) is 24.3 Å². The minimum Gasteiger partial charge on any atom is -0.481 e. The average Bonchev–Trinajstić information content (AvgIpc) is 2.79. The van der Waals surface area contributed by atoms with Crippen LogP contribution >= 0.6 is 11.6 Å². The Labute approximate surface area is 187 Å². The van der Waals surface area contributed by atoms with Crippen molar-refractivity contribution < 1.29 is 19.2 Å². The van der Waals surface area contributed by atoms with Crippen molar-refractivity contribution in [3.63, 3.8) is 0 Å². The molecule has 4 rings (SSSR count). The first-order chi connectivity index (χ1) is 15.0. The number of benzene rings is 3. The Balaban J connectivity index is 1.89. The zero-order valence-electron chi connectivity index (χ0n) is 17.2. The first kappa shape index (κ1) is 21.3. The number of carbonyl (C=O) groups is 2. The van der Waals surface area contributed by atoms with E-state index >= 15 is 0 Å². The third-order valence-electron chi connectivity index (χ3n) is 6.20. The minimum atomic E-state index is -0.960. The molecular weight excluding hydrogens is 410 g/mol. The Bertz CT molecular complexity index is 1100. The molecule has 0 bridgehead atoms. The van der Waals surface area contributed by atoms with Gasteiger partial charge in [0.1, 0.15) is 12.6 Å². The number of carboxylic acid groups (broad SMARTS) is 1. The highest BCUT2D eigenvalue weighted by Gasteiger charge is 2.48. The highest BCUT2D eigenvalue weighted by Crippen LogP contribution is 2.43. The summed E-state index contributed by atoms with van der Waals surface area (Å²) in [6.45, 7) is 1.02. The van der Waals surface area contributed by atoms with Gasteiger partial charge < -0.3 is 5.11 Å². The third kappa shape index (κ3) is 4.27. The molecule has 5 heteroatoms. The van der Waals surface area contributed by atoms with Gasteiger partial charge in [-0.15, -0.1) is 0 Å². The van der Waals surface area contributed by atoms with Gasteiger partial charge in [-0.3, -0.25) is 4.79 Å². The molecule has 0 saturated heterocycles. The van der Waals surface area contributed by atoms with Crippen molar-refractivity contribution in [2.45, 2.75) is 31.8 Å². The van der Waals surface area contributed by atoms with Gasteiger partial charge in [-0.2, -0.15) is 0 Å². The average molecular weight is 435 g/mol. The lowest BCUT2D eigenvalue weighted by molar-refractivity contribution is -0.895. The second-order valence-electron chi connectivity index (χ2n) is 8.06. The Morgan fingerprint density at radius 1 is 0.903 bits per heavy atom. The molecule has 1 aliphatic rings. The van der Waals surface area contributed by atoms with Crippen LogP contribution in [-0.4, -0.2) is 28.0 Å². The molecule has 1 amide bonds. The Morgan fingerprint density at radius 3 is 2.32 bits per heavy atom. The van der Waals surface area contributed by atoms with Crippen LogP contribution in [0.2, 0.25) is 5.02 Å². The molecule has 31 heavy (non-hydrogen) atoms. The fourth-order valence-electron chi connectivity index (χ4n) is 4.74. The van der Waals surface area contributed by atoms with E-state index in [4.69, 9.17) is 11.6 Å². The van der Waals surface area contributed by atoms with Crippen LogP contribution in [0.25, 0.3) is 0 Å². The molecule has 2 atom stereocenters. The molecule has 4 nitrogen and oxygen atoms in total. The molecule has 3 aromatic rings. The van der Waals surface area contributed by atoms with Crippen LogP contribution in [0, 0.1) is 0 Å². The van der Waals surface area contributed by atoms with Crippen molar-refractivity contribution in [1.82, 2.24) is 0 Å². The van der Waals surface area contributed by atoms with Gasteiger partial charge in [0, 0.05) is 28.1 Å². The maximum Gasteiger partial charge on any atom is 0.315 e. The number of hydrogen-bond donors (Lipinski definition) is 1. The van der Waals surface area contributed by atoms with Crippen LogP contribution < -0.4 is 0 Å². The molecule has 0 fully saturated rings. The number of nitrogens with zero attached hydrogens (tertiary/aromatic N) is 1. The number of rotatable bonds is 6. The molecule has 0 aromatic heterocycles. The number of aliphatic carboxylic acids is 1. The van der Waals surface area contributed by atoms with E-state index in [1.165, 1.54) is 5.56 Å². The maximum absolute atomic E-state index is 13.8. The molecular formula is C26H25ClNO3+. The molecule has 1 aliphatic heterocycles. The lowest BCUT2D eigenvalue weighted by atomic mass is 9.84. The minimum absolute atomic E-state index is 0.00864. The summed E-state index contributed by atoms with van der Waals surface area (Å²) in [5.41, 5.74) is 4.30. The molecule has 1 N–H and O–H groups in total. The van der Waals surface area contributed by atoms with E-state index in [9.17, 15) is 14.7 Å². The molecule has 1 heterocycles. The number of hydrogen-bond acceptors (Lipinski definition) is 2. The topological polar surface area (TPSA) is 54.4 Å². The monoisotopic (exact) mass is 434 g/mol. The van der Waals surface area contributed by atoms with E-state index in [0.29, 0.717) is 18.1 Å². The van der Waals surface area contributed by atoms with E-state index in [1.807, 2.05) is 54.6 Å². The highest BCUT2D eigenvalue weighted by molar-refractivity contribution is 6.31. The summed E-state index contributed by atoms with van der Waals surface area (Å²) >= 11 is 6.52. The zero-order valence-corrected chi connectivity index (χ0v) is 18.0. The summed E-state index contributed by atoms with van der Waals surface area (Å²) in [5, 5.41) is 9.86. The van der Waals surface area contributed by atoms with Crippen molar-refractivity contribution in [3.05, 3.63) is 106 Å². The first-order valence-corrected chi connectivity index (χ1v) is 10.9. The van der Waals surface area contributed by atoms with E-state index < -0.39 is 5.97 Å². The molecule has 0 saturated carbocycles. The predicted octanol–water partition coefficient (Wildman–Crippen LogP) is 5.39. The van der Waals surface area contributed by atoms with Crippen molar-refractivity contribution in [2.75, 3.05) is 6.54 Å². The maximum atomic E-state index is 13.8. The second-order valence-corrected chi connectivity index (χ2v) is 8.46. The van der Waals surface area contributed by atoms with Crippen LogP contribution in [0.4, 0.5) is 0 Å². The Kier molecular flexibility index (Phi) is 6.21. The predicted molar refractivity (Wildman–Crippen MR) is 121 cm³/mol. The Hall–Kier alpha value is -2.95. The van der Waals surface area contributed by atoms with Crippen LogP contribution in [0.15, 0.2) is 78.9 Å². The normalized spacial score (nSPS) is 20.1. The number of carboxylic acids is 1. The molecule has 3 aromatic carbocycles. The molecule has 0 aliphatic carbocycles. The summed E-state index contributed by atoms with van der Waals surface area (Å²) < 4.78 is 0.137. The van der Waals surface area contributed by atoms with Crippen LogP contribution in [0.3, 0.4) is 0 Å². The van der Waals surface area contributed by atoms with Gasteiger partial charge >= 0.3 is 11.9 Å². The molecule has 158 valence electrons. The summed E-state index contributed by atoms with van der Waals surface area (Å²) in [7, 11) is 0. The lowest BCUT2D eigenvalue weighted by Crippen LogP contribution is -2.58. The van der Waals surface area contributed by atoms with E-state index in [-0.39, 0.29) is 29.3 Å². The van der Waals surface area contributed by atoms with E-state index in [1.54, 1.807) is 0 Å². The largest absolute Gasteiger partial charge is 0.481 e. The SMILES string of the molecule is O=C(O)CCC(=O)[N+]1(Cc2ccccc2Cl)CCc2ccccc2C1c1ccccc1. The number of amides is 1. The standard InChI is InChI=1S/C26H24ClNO3/c27-23-13-7-5-11-21(23)18-28(24(29)14-15-25(30)31)17-16-19-8-4-6-12-22(19)26(28)20-9-2-1-3-10-20/h1-13,26H,14-18H2/p+1. The number of carbonyl (C=O) groups excluding carboxylic acids is 1. The van der Waals surface area contributed by atoms with Crippen molar-refractivity contribution in [2.24, 2.45) is 0 Å². The summed E-state index contributed by atoms with van der Waals surface area (Å²) in [6, 6.07) is 25.7. The van der Waals surface area contributed by atoms with Gasteiger partial charge in [-0.25, -0.2) is 9.28 Å². The van der Waals surface area contributed by atoms with Crippen LogP contribution in [-0.2, 0) is 22.6 Å². The quantitative estimate of drug-likeness (QED) is 0.529. The zero-order chi connectivity index (χ0) is 21.8. The fraction of sp³-hybridized carbons (Fsp3) is 0.231. The van der Waals surface area contributed by atoms with Gasteiger partial charge in [0.2, 0.25) is 0 Å². The van der Waals surface area contributed by atoms with Gasteiger partial charge in [0.25, 0.3) is 0 Å². The fourth-order valence-corrected chi connectivity index (χ4v) is 4.93. The summed E-state index contributed by atoms with van der Waals surface area (Å²) in [5.74, 6) is -1.02. The molecule has 2 unspecified atom stereocenters. The van der Waals surface area contributed by atoms with Crippen LogP contribution in [0.1, 0.15) is 41.1 Å². The molecule has 0 spiro atoms. The first-order valence-electron chi connectivity index (χ1n) is 10.5. The highest BCUT2D eigenvalue weighted by atomic mass is 35.5. The lowest BCUT2D eigenvalue weighted by Gasteiger charge is -2.46. The summed E-state index contributed by atoms with van der Waals surface area (Å²) in [4.78, 5) is 25.1. The van der Waals surface area contributed by atoms with Gasteiger partial charge in [0.15, 0.2) is 0 Å². The van der Waals surface area contributed by atoms with Gasteiger partial charge in [0.05, 0.1) is 19.4 Å². The Morgan fingerprint density at radius 2 is 1.58 bits per heavy atom. The third-order valence-corrected chi connectivity index (χ3v) is 6.57. The number of quaternary nitrogens is 1. The van der Waals surface area contributed by atoms with Crippen LogP contribution in [0.5, 0.6) is 0 Å². The smallest absolute Gasteiger partial charge is 0.315 e. The van der Waals surface area contributed by atoms with Crippen molar-refractivity contribution in [3.8, 4) is 0 Å². The van der Waals surface area contributed by atoms with Gasteiger partial charge in [-0.05, 0) is 11.6 Å². The summed E-state index contributed by atoms with van der Waals surface area (Å²) in [6.07, 6.45) is 0.568. The number of fused-ring (bicyclic) bond motifs is 1. The van der Waals surface area contributed by atoms with Gasteiger partial charge in [-0.1, -0.05) is 84.4 Å². The molecule has 0 radical (unpaired) electrons.